The first-order valence-corrected chi connectivity index (χ1v) is 14.0. The van der Waals surface area contributed by atoms with E-state index in [0.717, 1.165) is 51.0 Å². The summed E-state index contributed by atoms with van der Waals surface area (Å²) in [5.41, 5.74) is 7.32. The number of aromatic nitrogens is 1. The number of pyridine rings is 1. The molecule has 3 heterocycles. The van der Waals surface area contributed by atoms with Crippen LogP contribution in [0.4, 0.5) is 5.69 Å². The van der Waals surface area contributed by atoms with E-state index in [0.29, 0.717) is 17.9 Å². The van der Waals surface area contributed by atoms with Crippen LogP contribution >= 0.6 is 11.3 Å². The van der Waals surface area contributed by atoms with Crippen LogP contribution in [0, 0.1) is 0 Å². The molecular weight excluding hydrogens is 500 g/mol. The van der Waals surface area contributed by atoms with Crippen LogP contribution in [-0.4, -0.2) is 60.8 Å². The third-order valence-electron chi connectivity index (χ3n) is 7.00. The summed E-state index contributed by atoms with van der Waals surface area (Å²) in [7, 11) is 0. The Kier molecular flexibility index (Phi) is 8.26. The number of rotatable bonds is 10. The van der Waals surface area contributed by atoms with Crippen molar-refractivity contribution in [3.63, 3.8) is 0 Å². The smallest absolute Gasteiger partial charge is 0.324 e. The van der Waals surface area contributed by atoms with Crippen LogP contribution in [0.3, 0.4) is 0 Å². The Hall–Kier alpha value is -3.40. The highest BCUT2D eigenvalue weighted by Gasteiger charge is 2.18. The number of hydrogen-bond acceptors (Lipinski definition) is 8. The van der Waals surface area contributed by atoms with Gasteiger partial charge < -0.3 is 20.1 Å². The SMILES string of the molecule is CC(N)C(=O)OCn1c(=O)ccc2ccc(OCCCCN3CCN(c4cccc5sccc45)CC3)cc21. The molecule has 0 aliphatic carbocycles. The van der Waals surface area contributed by atoms with E-state index in [1.54, 1.807) is 24.3 Å². The van der Waals surface area contributed by atoms with E-state index in [4.69, 9.17) is 15.2 Å². The second kappa shape index (κ2) is 12.0. The number of carbonyl (C=O) groups is 1. The summed E-state index contributed by atoms with van der Waals surface area (Å²) in [4.78, 5) is 29.2. The summed E-state index contributed by atoms with van der Waals surface area (Å²) in [6.07, 6.45) is 2.01. The van der Waals surface area contributed by atoms with Gasteiger partial charge in [0.2, 0.25) is 0 Å². The molecule has 0 spiro atoms. The van der Waals surface area contributed by atoms with Gasteiger partial charge in [0.25, 0.3) is 5.56 Å². The van der Waals surface area contributed by atoms with Crippen LogP contribution in [0.1, 0.15) is 19.8 Å². The van der Waals surface area contributed by atoms with Gasteiger partial charge in [-0.3, -0.25) is 19.1 Å². The third kappa shape index (κ3) is 6.01. The first kappa shape index (κ1) is 26.2. The van der Waals surface area contributed by atoms with E-state index in [-0.39, 0.29) is 12.3 Å². The number of benzene rings is 2. The number of piperazine rings is 1. The molecule has 38 heavy (non-hydrogen) atoms. The highest BCUT2D eigenvalue weighted by Crippen LogP contribution is 2.31. The standard InChI is InChI=1S/C29H34N4O4S/c1-21(30)29(35)37-20-33-26-19-23(9-7-22(26)8-10-28(33)34)36-17-3-2-12-31-13-15-32(16-14-31)25-5-4-6-27-24(25)11-18-38-27/h4-11,18-19,21H,2-3,12-17,20,30H2,1H3. The predicted octanol–water partition coefficient (Wildman–Crippen LogP) is 4.05. The molecule has 1 atom stereocenters. The van der Waals surface area contributed by atoms with E-state index in [1.807, 2.05) is 18.2 Å². The fourth-order valence-electron chi connectivity index (χ4n) is 4.84. The molecule has 1 aliphatic heterocycles. The Morgan fingerprint density at radius 3 is 2.68 bits per heavy atom. The normalized spacial score (nSPS) is 15.2. The fraction of sp³-hybridized carbons (Fsp3) is 0.379. The summed E-state index contributed by atoms with van der Waals surface area (Å²) in [5, 5.41) is 4.40. The second-order valence-corrected chi connectivity index (χ2v) is 10.6. The summed E-state index contributed by atoms with van der Waals surface area (Å²) in [6.45, 7) is 7.24. The third-order valence-corrected chi connectivity index (χ3v) is 7.88. The average molecular weight is 535 g/mol. The van der Waals surface area contributed by atoms with Crippen LogP contribution in [0.15, 0.2) is 64.8 Å². The molecule has 0 amide bonds. The summed E-state index contributed by atoms with van der Waals surface area (Å²) in [5.74, 6) is 0.133. The number of carbonyl (C=O) groups excluding carboxylic acids is 1. The highest BCUT2D eigenvalue weighted by atomic mass is 32.1. The van der Waals surface area contributed by atoms with Gasteiger partial charge in [-0.1, -0.05) is 6.07 Å². The number of nitrogens with zero attached hydrogens (tertiary/aromatic N) is 3. The minimum absolute atomic E-state index is 0.185. The number of esters is 1. The lowest BCUT2D eigenvalue weighted by Crippen LogP contribution is -2.46. The zero-order valence-electron chi connectivity index (χ0n) is 21.7. The largest absolute Gasteiger partial charge is 0.494 e. The number of anilines is 1. The lowest BCUT2D eigenvalue weighted by molar-refractivity contribution is -0.148. The van der Waals surface area contributed by atoms with Crippen molar-refractivity contribution < 1.29 is 14.3 Å². The number of hydrogen-bond donors (Lipinski definition) is 1. The first-order valence-electron chi connectivity index (χ1n) is 13.1. The Morgan fingerprint density at radius 2 is 1.87 bits per heavy atom. The monoisotopic (exact) mass is 534 g/mol. The molecule has 2 aromatic carbocycles. The zero-order chi connectivity index (χ0) is 26.5. The van der Waals surface area contributed by atoms with Gasteiger partial charge in [-0.25, -0.2) is 0 Å². The van der Waals surface area contributed by atoms with Crippen molar-refractivity contribution in [2.75, 3.05) is 44.2 Å². The molecule has 200 valence electrons. The molecule has 0 saturated carbocycles. The van der Waals surface area contributed by atoms with Crippen molar-refractivity contribution in [1.82, 2.24) is 9.47 Å². The first-order chi connectivity index (χ1) is 18.5. The molecule has 5 rings (SSSR count). The van der Waals surface area contributed by atoms with Crippen LogP contribution in [0.25, 0.3) is 21.0 Å². The summed E-state index contributed by atoms with van der Waals surface area (Å²) >= 11 is 1.80. The topological polar surface area (TPSA) is 90.0 Å². The lowest BCUT2D eigenvalue weighted by Gasteiger charge is -2.36. The number of fused-ring (bicyclic) bond motifs is 2. The molecular formula is C29H34N4O4S. The van der Waals surface area contributed by atoms with E-state index in [9.17, 15) is 9.59 Å². The van der Waals surface area contributed by atoms with E-state index in [1.165, 1.54) is 26.4 Å². The Bertz CT molecular complexity index is 1460. The number of ether oxygens (including phenoxy) is 2. The molecule has 1 aliphatic rings. The van der Waals surface area contributed by atoms with Gasteiger partial charge in [0.15, 0.2) is 6.73 Å². The molecule has 1 saturated heterocycles. The van der Waals surface area contributed by atoms with Gasteiger partial charge in [0, 0.05) is 54.1 Å². The van der Waals surface area contributed by atoms with Crippen LogP contribution < -0.4 is 20.9 Å². The molecule has 2 aromatic heterocycles. The van der Waals surface area contributed by atoms with Gasteiger partial charge in [-0.15, -0.1) is 11.3 Å². The quantitative estimate of drug-likeness (QED) is 0.243. The van der Waals surface area contributed by atoms with Crippen LogP contribution in [0.5, 0.6) is 5.75 Å². The number of nitrogens with two attached hydrogens (primary N) is 1. The molecule has 1 unspecified atom stereocenters. The van der Waals surface area contributed by atoms with Gasteiger partial charge in [0.1, 0.15) is 11.8 Å². The van der Waals surface area contributed by atoms with Crippen molar-refractivity contribution >= 4 is 44.0 Å². The van der Waals surface area contributed by atoms with Crippen LogP contribution in [-0.2, 0) is 16.3 Å². The minimum Gasteiger partial charge on any atom is -0.494 e. The maximum Gasteiger partial charge on any atom is 0.324 e. The Balaban J connectivity index is 1.09. The predicted molar refractivity (Wildman–Crippen MR) is 153 cm³/mol. The molecule has 8 nitrogen and oxygen atoms in total. The Labute approximate surface area is 226 Å². The van der Waals surface area contributed by atoms with E-state index in [2.05, 4.69) is 39.4 Å². The van der Waals surface area contributed by atoms with Crippen molar-refractivity contribution in [2.45, 2.75) is 32.5 Å². The number of thiophene rings is 1. The maximum absolute atomic E-state index is 12.4. The molecule has 1 fully saturated rings. The summed E-state index contributed by atoms with van der Waals surface area (Å²) in [6, 6.07) is 16.9. The van der Waals surface area contributed by atoms with E-state index < -0.39 is 12.0 Å². The highest BCUT2D eigenvalue weighted by molar-refractivity contribution is 7.17. The second-order valence-electron chi connectivity index (χ2n) is 9.70. The van der Waals surface area contributed by atoms with Crippen LogP contribution in [0.2, 0.25) is 0 Å². The Morgan fingerprint density at radius 1 is 1.05 bits per heavy atom. The van der Waals surface area contributed by atoms with Crippen molar-refractivity contribution in [3.05, 3.63) is 70.3 Å². The summed E-state index contributed by atoms with van der Waals surface area (Å²) < 4.78 is 14.0. The molecule has 2 N–H and O–H groups in total. The molecule has 9 heteroatoms. The molecule has 0 radical (unpaired) electrons. The van der Waals surface area contributed by atoms with Crippen molar-refractivity contribution in [1.29, 1.82) is 0 Å². The van der Waals surface area contributed by atoms with Gasteiger partial charge in [-0.2, -0.15) is 0 Å². The van der Waals surface area contributed by atoms with Crippen molar-refractivity contribution in [2.24, 2.45) is 5.73 Å². The zero-order valence-corrected chi connectivity index (χ0v) is 22.5. The number of unbranched alkanes of at least 4 members (excludes halogenated alkanes) is 1. The fourth-order valence-corrected chi connectivity index (χ4v) is 5.65. The minimum atomic E-state index is -0.746. The van der Waals surface area contributed by atoms with Gasteiger partial charge in [0.05, 0.1) is 12.1 Å². The molecule has 0 bridgehead atoms. The van der Waals surface area contributed by atoms with Gasteiger partial charge >= 0.3 is 5.97 Å². The van der Waals surface area contributed by atoms with Gasteiger partial charge in [-0.05, 0) is 73.5 Å². The van der Waals surface area contributed by atoms with E-state index >= 15 is 0 Å². The lowest BCUT2D eigenvalue weighted by atomic mass is 10.2. The van der Waals surface area contributed by atoms with Crippen molar-refractivity contribution in [3.8, 4) is 5.75 Å². The average Bonchev–Trinajstić information content (AvgIpc) is 3.42. The molecule has 4 aromatic rings. The maximum atomic E-state index is 12.4.